The predicted molar refractivity (Wildman–Crippen MR) is 76.1 cm³/mol. The van der Waals surface area contributed by atoms with Gasteiger partial charge in [0.05, 0.1) is 12.6 Å². The fourth-order valence-corrected chi connectivity index (χ4v) is 1.01. The van der Waals surface area contributed by atoms with Crippen molar-refractivity contribution < 1.29 is 19.4 Å². The molecule has 0 radical (unpaired) electrons. The van der Waals surface area contributed by atoms with Crippen LogP contribution in [0.15, 0.2) is 30.3 Å². The van der Waals surface area contributed by atoms with Gasteiger partial charge in [-0.25, -0.2) is 4.79 Å². The molecule has 0 aliphatic heterocycles. The number of ether oxygens (including phenoxy) is 1. The Morgan fingerprint density at radius 1 is 1.40 bits per heavy atom. The normalized spacial score (nSPS) is 10.6. The smallest absolute Gasteiger partial charge is 0.407 e. The fraction of sp³-hybridized carbons (Fsp3) is 0.429. The first-order chi connectivity index (χ1) is 9.49. The van der Waals surface area contributed by atoms with Crippen LogP contribution in [0.4, 0.5) is 4.79 Å². The quantitative estimate of drug-likeness (QED) is 0.790. The molecule has 1 aromatic carbocycles. The zero-order valence-corrected chi connectivity index (χ0v) is 12.1. The van der Waals surface area contributed by atoms with Gasteiger partial charge in [0, 0.05) is 14.1 Å². The van der Waals surface area contributed by atoms with E-state index < -0.39 is 6.09 Å². The largest absolute Gasteiger partial charge is 0.445 e. The van der Waals surface area contributed by atoms with Gasteiger partial charge >= 0.3 is 6.09 Å². The number of rotatable bonds is 5. The van der Waals surface area contributed by atoms with Crippen molar-refractivity contribution in [2.45, 2.75) is 19.6 Å². The van der Waals surface area contributed by atoms with Gasteiger partial charge in [-0.1, -0.05) is 30.3 Å². The van der Waals surface area contributed by atoms with E-state index >= 15 is 0 Å². The summed E-state index contributed by atoms with van der Waals surface area (Å²) in [5.74, 6) is 0. The molecule has 1 aromatic rings. The van der Waals surface area contributed by atoms with E-state index in [0.717, 1.165) is 12.0 Å². The van der Waals surface area contributed by atoms with Crippen molar-refractivity contribution in [1.82, 2.24) is 10.2 Å². The van der Waals surface area contributed by atoms with Crippen LogP contribution in [-0.2, 0) is 16.1 Å². The third-order valence-electron chi connectivity index (χ3n) is 2.06. The highest BCUT2D eigenvalue weighted by atomic mass is 16.5. The number of nitrogens with one attached hydrogen (secondary N) is 1. The van der Waals surface area contributed by atoms with Crippen molar-refractivity contribution in [2.75, 3.05) is 20.7 Å². The minimum Gasteiger partial charge on any atom is -0.445 e. The lowest BCUT2D eigenvalue weighted by Gasteiger charge is -2.10. The molecule has 6 nitrogen and oxygen atoms in total. The zero-order valence-electron chi connectivity index (χ0n) is 12.1. The Hall–Kier alpha value is -2.08. The molecule has 2 amide bonds. The number of hydrogen-bond acceptors (Lipinski definition) is 4. The van der Waals surface area contributed by atoms with E-state index in [4.69, 9.17) is 9.84 Å². The molecule has 20 heavy (non-hydrogen) atoms. The Balaban J connectivity index is 0.000000621. The zero-order chi connectivity index (χ0) is 15.4. The monoisotopic (exact) mass is 282 g/mol. The maximum Gasteiger partial charge on any atom is 0.407 e. The first-order valence-electron chi connectivity index (χ1n) is 6.19. The number of benzene rings is 1. The summed E-state index contributed by atoms with van der Waals surface area (Å²) in [5, 5.41) is 11.2. The van der Waals surface area contributed by atoms with Gasteiger partial charge in [-0.2, -0.15) is 0 Å². The molecule has 1 rings (SSSR count). The molecule has 0 saturated carbocycles. The predicted octanol–water partition coefficient (Wildman–Crippen LogP) is 0.998. The number of nitrogens with zero attached hydrogens (tertiary/aromatic N) is 1. The van der Waals surface area contributed by atoms with E-state index in [-0.39, 0.29) is 19.3 Å². The Kier molecular flexibility index (Phi) is 9.68. The molecule has 0 aliphatic carbocycles. The van der Waals surface area contributed by atoms with E-state index in [1.165, 1.54) is 4.90 Å². The molecule has 1 unspecified atom stereocenters. The van der Waals surface area contributed by atoms with Gasteiger partial charge in [0.25, 0.3) is 0 Å². The van der Waals surface area contributed by atoms with Crippen molar-refractivity contribution in [3.8, 4) is 0 Å². The Morgan fingerprint density at radius 2 is 1.95 bits per heavy atom. The maximum absolute atomic E-state index is 11.1. The van der Waals surface area contributed by atoms with Crippen LogP contribution in [0.3, 0.4) is 0 Å². The van der Waals surface area contributed by atoms with E-state index in [2.05, 4.69) is 5.32 Å². The first-order valence-corrected chi connectivity index (χ1v) is 6.19. The van der Waals surface area contributed by atoms with Crippen LogP contribution >= 0.6 is 0 Å². The molecule has 0 saturated heterocycles. The third kappa shape index (κ3) is 9.90. The van der Waals surface area contributed by atoms with Crippen LogP contribution in [0.25, 0.3) is 0 Å². The van der Waals surface area contributed by atoms with Crippen LogP contribution in [0.2, 0.25) is 0 Å². The second-order valence-electron chi connectivity index (χ2n) is 4.36. The molecule has 0 aliphatic rings. The Labute approximate surface area is 119 Å². The number of amides is 2. The number of hydrogen-bond donors (Lipinski definition) is 2. The molecule has 0 spiro atoms. The minimum atomic E-state index is -0.514. The van der Waals surface area contributed by atoms with Gasteiger partial charge in [0.15, 0.2) is 0 Å². The third-order valence-corrected chi connectivity index (χ3v) is 2.06. The molecule has 0 heterocycles. The van der Waals surface area contributed by atoms with E-state index in [9.17, 15) is 9.59 Å². The van der Waals surface area contributed by atoms with Crippen molar-refractivity contribution >= 4 is 12.5 Å². The molecule has 1 atom stereocenters. The van der Waals surface area contributed by atoms with Crippen LogP contribution in [0.5, 0.6) is 0 Å². The van der Waals surface area contributed by atoms with Gasteiger partial charge < -0.3 is 20.1 Å². The second kappa shape index (κ2) is 10.8. The highest BCUT2D eigenvalue weighted by Gasteiger charge is 2.06. The lowest BCUT2D eigenvalue weighted by Crippen LogP contribution is -2.35. The summed E-state index contributed by atoms with van der Waals surface area (Å²) < 4.78 is 4.94. The number of aliphatic hydroxyl groups is 1. The van der Waals surface area contributed by atoms with Gasteiger partial charge in [-0.15, -0.1) is 0 Å². The van der Waals surface area contributed by atoms with Crippen LogP contribution < -0.4 is 5.32 Å². The second-order valence-corrected chi connectivity index (χ2v) is 4.36. The van der Waals surface area contributed by atoms with Crippen molar-refractivity contribution in [3.05, 3.63) is 35.9 Å². The molecule has 2 N–H and O–H groups in total. The van der Waals surface area contributed by atoms with Crippen molar-refractivity contribution in [1.29, 1.82) is 0 Å². The topological polar surface area (TPSA) is 78.9 Å². The summed E-state index contributed by atoms with van der Waals surface area (Å²) in [4.78, 5) is 22.0. The molecule has 112 valence electrons. The SMILES string of the molecule is CC(CO)NC(=O)OCc1ccccc1.CN(C)C=O. The fourth-order valence-electron chi connectivity index (χ4n) is 1.01. The molecule has 0 fully saturated rings. The minimum absolute atomic E-state index is 0.0968. The molecular formula is C14H22N2O4. The number of aliphatic hydroxyl groups excluding tert-OH is 1. The van der Waals surface area contributed by atoms with Gasteiger partial charge in [0.2, 0.25) is 6.41 Å². The van der Waals surface area contributed by atoms with E-state index in [0.29, 0.717) is 0 Å². The Morgan fingerprint density at radius 3 is 2.40 bits per heavy atom. The number of carbonyl (C=O) groups is 2. The summed E-state index contributed by atoms with van der Waals surface area (Å²) in [7, 11) is 3.38. The number of alkyl carbamates (subject to hydrolysis) is 1. The number of carbonyl (C=O) groups excluding carboxylic acids is 2. The summed E-state index contributed by atoms with van der Waals surface area (Å²) in [6, 6.07) is 9.14. The summed E-state index contributed by atoms with van der Waals surface area (Å²) in [5.41, 5.74) is 0.935. The average Bonchev–Trinajstić information content (AvgIpc) is 2.46. The van der Waals surface area contributed by atoms with Gasteiger partial charge in [-0.05, 0) is 12.5 Å². The highest BCUT2D eigenvalue weighted by Crippen LogP contribution is 2.00. The summed E-state index contributed by atoms with van der Waals surface area (Å²) in [6.45, 7) is 1.84. The van der Waals surface area contributed by atoms with E-state index in [1.54, 1.807) is 21.0 Å². The van der Waals surface area contributed by atoms with Gasteiger partial charge in [0.1, 0.15) is 6.61 Å². The molecule has 0 aromatic heterocycles. The first kappa shape index (κ1) is 17.9. The van der Waals surface area contributed by atoms with Gasteiger partial charge in [-0.3, -0.25) is 4.79 Å². The van der Waals surface area contributed by atoms with Crippen molar-refractivity contribution in [2.24, 2.45) is 0 Å². The maximum atomic E-state index is 11.1. The average molecular weight is 282 g/mol. The van der Waals surface area contributed by atoms with Crippen LogP contribution in [0, 0.1) is 0 Å². The highest BCUT2D eigenvalue weighted by molar-refractivity contribution is 5.67. The van der Waals surface area contributed by atoms with Crippen LogP contribution in [0.1, 0.15) is 12.5 Å². The summed E-state index contributed by atoms with van der Waals surface area (Å²) >= 11 is 0. The van der Waals surface area contributed by atoms with Crippen LogP contribution in [-0.4, -0.2) is 49.3 Å². The molecule has 6 heteroatoms. The molecule has 0 bridgehead atoms. The Bertz CT molecular complexity index is 382. The molecular weight excluding hydrogens is 260 g/mol. The lowest BCUT2D eigenvalue weighted by atomic mass is 10.2. The lowest BCUT2D eigenvalue weighted by molar-refractivity contribution is -0.115. The standard InChI is InChI=1S/C11H15NO3.C3H7NO/c1-9(7-13)12-11(14)15-8-10-5-3-2-4-6-10;1-4(2)3-5/h2-6,9,13H,7-8H2,1H3,(H,12,14);3H,1-2H3. The summed E-state index contributed by atoms with van der Waals surface area (Å²) in [6.07, 6.45) is 0.236. The van der Waals surface area contributed by atoms with E-state index in [1.807, 2.05) is 30.3 Å². The van der Waals surface area contributed by atoms with Crippen molar-refractivity contribution in [3.63, 3.8) is 0 Å².